The average molecular weight is 262 g/mol. The van der Waals surface area contributed by atoms with Crippen LogP contribution in [0, 0.1) is 0 Å². The molecule has 2 unspecified atom stereocenters. The molecule has 1 aromatic rings. The van der Waals surface area contributed by atoms with Gasteiger partial charge in [-0.25, -0.2) is 4.98 Å². The third kappa shape index (κ3) is 2.58. The van der Waals surface area contributed by atoms with E-state index in [-0.39, 0.29) is 6.61 Å². The van der Waals surface area contributed by atoms with Gasteiger partial charge in [0.15, 0.2) is 0 Å². The first-order chi connectivity index (χ1) is 9.28. The Morgan fingerprint density at radius 2 is 2.16 bits per heavy atom. The van der Waals surface area contributed by atoms with Crippen molar-refractivity contribution in [1.82, 2.24) is 14.9 Å². The minimum absolute atomic E-state index is 0.0424. The molecule has 2 atom stereocenters. The van der Waals surface area contributed by atoms with E-state index in [2.05, 4.69) is 26.7 Å². The number of aromatic nitrogens is 2. The number of piperazine rings is 1. The number of nitrogens with zero attached hydrogens (tertiary/aromatic N) is 4. The molecular formula is C14H22N4O. The predicted octanol–water partition coefficient (Wildman–Crippen LogP) is 1.03. The van der Waals surface area contributed by atoms with Gasteiger partial charge < -0.3 is 10.0 Å². The summed E-state index contributed by atoms with van der Waals surface area (Å²) in [5.41, 5.74) is 0.632. The Kier molecular flexibility index (Phi) is 3.66. The van der Waals surface area contributed by atoms with E-state index in [9.17, 15) is 0 Å². The maximum Gasteiger partial charge on any atom is 0.147 e. The van der Waals surface area contributed by atoms with E-state index in [1.807, 2.05) is 0 Å². The van der Waals surface area contributed by atoms with Gasteiger partial charge in [-0.3, -0.25) is 9.88 Å². The van der Waals surface area contributed by atoms with Crippen LogP contribution >= 0.6 is 0 Å². The highest BCUT2D eigenvalue weighted by Crippen LogP contribution is 2.26. The van der Waals surface area contributed by atoms with Gasteiger partial charge in [0.25, 0.3) is 0 Å². The number of hydrogen-bond donors (Lipinski definition) is 1. The fourth-order valence-electron chi connectivity index (χ4n) is 3.25. The first-order valence-corrected chi connectivity index (χ1v) is 7.20. The van der Waals surface area contributed by atoms with Crippen molar-refractivity contribution in [3.63, 3.8) is 0 Å². The summed E-state index contributed by atoms with van der Waals surface area (Å²) in [7, 11) is 0. The van der Waals surface area contributed by atoms with Crippen molar-refractivity contribution in [1.29, 1.82) is 0 Å². The third-order valence-corrected chi connectivity index (χ3v) is 4.34. The number of anilines is 1. The van der Waals surface area contributed by atoms with Crippen molar-refractivity contribution in [2.24, 2.45) is 0 Å². The number of piperidine rings is 1. The monoisotopic (exact) mass is 262 g/mol. The molecule has 0 radical (unpaired) electrons. The molecule has 0 amide bonds. The molecule has 3 rings (SSSR count). The Morgan fingerprint density at radius 3 is 2.89 bits per heavy atom. The zero-order valence-corrected chi connectivity index (χ0v) is 11.5. The van der Waals surface area contributed by atoms with Crippen LogP contribution in [0.15, 0.2) is 12.4 Å². The third-order valence-electron chi connectivity index (χ3n) is 4.34. The molecule has 5 nitrogen and oxygen atoms in total. The molecule has 3 heterocycles. The lowest BCUT2D eigenvalue weighted by atomic mass is 9.97. The van der Waals surface area contributed by atoms with Crippen LogP contribution in [0.1, 0.15) is 31.9 Å². The average Bonchev–Trinajstić information content (AvgIpc) is 2.47. The second kappa shape index (κ2) is 5.43. The molecule has 1 N–H and O–H groups in total. The SMILES string of the molecule is CC1CN2CCCCC2CN1c1cnc(CO)cn1. The lowest BCUT2D eigenvalue weighted by molar-refractivity contribution is 0.115. The Morgan fingerprint density at radius 1 is 1.26 bits per heavy atom. The van der Waals surface area contributed by atoms with Crippen LogP contribution in [0.5, 0.6) is 0 Å². The molecule has 19 heavy (non-hydrogen) atoms. The van der Waals surface area contributed by atoms with Crippen molar-refractivity contribution >= 4 is 5.82 Å². The molecule has 0 spiro atoms. The Balaban J connectivity index is 1.75. The van der Waals surface area contributed by atoms with E-state index in [0.29, 0.717) is 17.8 Å². The Labute approximate surface area is 114 Å². The molecule has 2 aliphatic rings. The van der Waals surface area contributed by atoms with Gasteiger partial charge in [0.2, 0.25) is 0 Å². The molecule has 104 valence electrons. The molecule has 0 saturated carbocycles. The maximum absolute atomic E-state index is 9.02. The highest BCUT2D eigenvalue weighted by molar-refractivity contribution is 5.38. The second-order valence-corrected chi connectivity index (χ2v) is 5.67. The van der Waals surface area contributed by atoms with Gasteiger partial charge in [0, 0.05) is 25.2 Å². The Hall–Kier alpha value is -1.20. The van der Waals surface area contributed by atoms with Crippen LogP contribution in [0.25, 0.3) is 0 Å². The normalized spacial score (nSPS) is 28.2. The summed E-state index contributed by atoms with van der Waals surface area (Å²) in [6, 6.07) is 1.15. The van der Waals surface area contributed by atoms with Gasteiger partial charge >= 0.3 is 0 Å². The van der Waals surface area contributed by atoms with Crippen LogP contribution < -0.4 is 4.90 Å². The van der Waals surface area contributed by atoms with Crippen molar-refractivity contribution < 1.29 is 5.11 Å². The van der Waals surface area contributed by atoms with Crippen molar-refractivity contribution in [2.75, 3.05) is 24.5 Å². The minimum atomic E-state index is -0.0424. The van der Waals surface area contributed by atoms with E-state index in [0.717, 1.165) is 18.9 Å². The lowest BCUT2D eigenvalue weighted by Crippen LogP contribution is -2.59. The lowest BCUT2D eigenvalue weighted by Gasteiger charge is -2.47. The first-order valence-electron chi connectivity index (χ1n) is 7.20. The molecule has 5 heteroatoms. The van der Waals surface area contributed by atoms with E-state index in [4.69, 9.17) is 5.11 Å². The molecule has 0 aromatic carbocycles. The topological polar surface area (TPSA) is 52.5 Å². The van der Waals surface area contributed by atoms with E-state index in [1.165, 1.54) is 25.8 Å². The largest absolute Gasteiger partial charge is 0.390 e. The molecule has 2 aliphatic heterocycles. The highest BCUT2D eigenvalue weighted by Gasteiger charge is 2.33. The van der Waals surface area contributed by atoms with Gasteiger partial charge in [0.05, 0.1) is 24.7 Å². The summed E-state index contributed by atoms with van der Waals surface area (Å²) in [5.74, 6) is 0.940. The van der Waals surface area contributed by atoms with Crippen LogP contribution in [-0.4, -0.2) is 51.7 Å². The standard InChI is InChI=1S/C14H22N4O/c1-11-8-17-5-3-2-4-13(17)9-18(11)14-7-15-12(10-19)6-16-14/h6-7,11,13,19H,2-5,8-10H2,1H3. The number of aliphatic hydroxyl groups is 1. The summed E-state index contributed by atoms with van der Waals surface area (Å²) < 4.78 is 0. The molecule has 2 fully saturated rings. The summed E-state index contributed by atoms with van der Waals surface area (Å²) in [4.78, 5) is 13.7. The van der Waals surface area contributed by atoms with E-state index >= 15 is 0 Å². The van der Waals surface area contributed by atoms with Crippen molar-refractivity contribution in [3.8, 4) is 0 Å². The summed E-state index contributed by atoms with van der Waals surface area (Å²) in [6.07, 6.45) is 7.45. The smallest absolute Gasteiger partial charge is 0.147 e. The minimum Gasteiger partial charge on any atom is -0.390 e. The van der Waals surface area contributed by atoms with Gasteiger partial charge in [-0.05, 0) is 26.3 Å². The number of hydrogen-bond acceptors (Lipinski definition) is 5. The van der Waals surface area contributed by atoms with Crippen LogP contribution in [0.4, 0.5) is 5.82 Å². The Bertz CT molecular complexity index is 422. The zero-order valence-electron chi connectivity index (χ0n) is 11.5. The second-order valence-electron chi connectivity index (χ2n) is 5.67. The summed E-state index contributed by atoms with van der Waals surface area (Å²) in [6.45, 7) is 5.63. The van der Waals surface area contributed by atoms with Gasteiger partial charge in [-0.1, -0.05) is 6.42 Å². The molecule has 0 aliphatic carbocycles. The van der Waals surface area contributed by atoms with Crippen LogP contribution in [0.2, 0.25) is 0 Å². The van der Waals surface area contributed by atoms with Crippen molar-refractivity contribution in [3.05, 3.63) is 18.1 Å². The van der Waals surface area contributed by atoms with E-state index < -0.39 is 0 Å². The predicted molar refractivity (Wildman–Crippen MR) is 74.0 cm³/mol. The maximum atomic E-state index is 9.02. The fraction of sp³-hybridized carbons (Fsp3) is 0.714. The van der Waals surface area contributed by atoms with Gasteiger partial charge in [-0.2, -0.15) is 0 Å². The zero-order chi connectivity index (χ0) is 13.2. The summed E-state index contributed by atoms with van der Waals surface area (Å²) >= 11 is 0. The van der Waals surface area contributed by atoms with Crippen LogP contribution in [0.3, 0.4) is 0 Å². The quantitative estimate of drug-likeness (QED) is 0.863. The first kappa shape index (κ1) is 12.8. The van der Waals surface area contributed by atoms with Crippen molar-refractivity contribution in [2.45, 2.75) is 44.9 Å². The van der Waals surface area contributed by atoms with Gasteiger partial charge in [-0.15, -0.1) is 0 Å². The molecule has 2 saturated heterocycles. The highest BCUT2D eigenvalue weighted by atomic mass is 16.3. The molecule has 1 aromatic heterocycles. The number of rotatable bonds is 2. The van der Waals surface area contributed by atoms with Gasteiger partial charge in [0.1, 0.15) is 5.82 Å². The molecule has 0 bridgehead atoms. The molecular weight excluding hydrogens is 240 g/mol. The summed E-state index contributed by atoms with van der Waals surface area (Å²) in [5, 5.41) is 9.02. The van der Waals surface area contributed by atoms with Crippen LogP contribution in [-0.2, 0) is 6.61 Å². The number of fused-ring (bicyclic) bond motifs is 1. The number of aliphatic hydroxyl groups excluding tert-OH is 1. The van der Waals surface area contributed by atoms with E-state index in [1.54, 1.807) is 12.4 Å². The fourth-order valence-corrected chi connectivity index (χ4v) is 3.25.